The van der Waals surface area contributed by atoms with E-state index in [2.05, 4.69) is 15.2 Å². The standard InChI is InChI=1S/C25H27N3O4S/c1-18-5-11-21(12-6-18)31-16-24-27-22(17-33-24)25(30)32-15-23(29)26-19-7-9-20(10-8-19)28-13-3-2-4-14-28/h5-12,17H,2-4,13-16H2,1H3,(H,26,29). The van der Waals surface area contributed by atoms with Crippen molar-refractivity contribution in [1.29, 1.82) is 0 Å². The molecule has 8 heteroatoms. The molecule has 0 atom stereocenters. The lowest BCUT2D eigenvalue weighted by Crippen LogP contribution is -2.29. The van der Waals surface area contributed by atoms with Crippen molar-refractivity contribution in [3.63, 3.8) is 0 Å². The third kappa shape index (κ3) is 6.55. The monoisotopic (exact) mass is 465 g/mol. The molecule has 1 saturated heterocycles. The third-order valence-corrected chi connectivity index (χ3v) is 6.17. The Bertz CT molecular complexity index is 1070. The number of ether oxygens (including phenoxy) is 2. The molecule has 3 aromatic rings. The Hall–Kier alpha value is -3.39. The molecule has 0 aliphatic carbocycles. The van der Waals surface area contributed by atoms with Gasteiger partial charge in [-0.15, -0.1) is 11.3 Å². The second kappa shape index (κ2) is 11.0. The highest BCUT2D eigenvalue weighted by Crippen LogP contribution is 2.22. The Morgan fingerprint density at radius 2 is 1.76 bits per heavy atom. The average Bonchev–Trinajstić information content (AvgIpc) is 3.32. The van der Waals surface area contributed by atoms with Crippen molar-refractivity contribution in [2.45, 2.75) is 32.8 Å². The van der Waals surface area contributed by atoms with Crippen molar-refractivity contribution in [3.8, 4) is 5.75 Å². The van der Waals surface area contributed by atoms with Crippen molar-refractivity contribution in [3.05, 3.63) is 70.2 Å². The number of nitrogens with zero attached hydrogens (tertiary/aromatic N) is 2. The van der Waals surface area contributed by atoms with Gasteiger partial charge in [-0.2, -0.15) is 0 Å². The van der Waals surface area contributed by atoms with Gasteiger partial charge in [0.25, 0.3) is 5.91 Å². The fourth-order valence-corrected chi connectivity index (χ4v) is 4.23. The number of rotatable bonds is 8. The van der Waals surface area contributed by atoms with E-state index in [4.69, 9.17) is 9.47 Å². The van der Waals surface area contributed by atoms with Crippen LogP contribution in [0.1, 0.15) is 40.3 Å². The maximum absolute atomic E-state index is 12.2. The van der Waals surface area contributed by atoms with Gasteiger partial charge in [0.15, 0.2) is 12.3 Å². The Balaban J connectivity index is 1.21. The number of piperidine rings is 1. The highest BCUT2D eigenvalue weighted by molar-refractivity contribution is 7.09. The molecule has 2 aromatic carbocycles. The number of benzene rings is 2. The van der Waals surface area contributed by atoms with Crippen LogP contribution >= 0.6 is 11.3 Å². The van der Waals surface area contributed by atoms with E-state index in [9.17, 15) is 9.59 Å². The first-order valence-corrected chi connectivity index (χ1v) is 11.9. The first kappa shape index (κ1) is 22.8. The predicted molar refractivity (Wildman–Crippen MR) is 129 cm³/mol. The van der Waals surface area contributed by atoms with Crippen LogP contribution in [0.3, 0.4) is 0 Å². The van der Waals surface area contributed by atoms with E-state index in [0.717, 1.165) is 30.1 Å². The molecule has 0 unspecified atom stereocenters. The third-order valence-electron chi connectivity index (χ3n) is 5.35. The Morgan fingerprint density at radius 3 is 2.48 bits per heavy atom. The van der Waals surface area contributed by atoms with Gasteiger partial charge in [0.2, 0.25) is 0 Å². The summed E-state index contributed by atoms with van der Waals surface area (Å²) in [7, 11) is 0. The minimum absolute atomic E-state index is 0.168. The van der Waals surface area contributed by atoms with Gasteiger partial charge in [0.05, 0.1) is 0 Å². The second-order valence-corrected chi connectivity index (χ2v) is 8.89. The summed E-state index contributed by atoms with van der Waals surface area (Å²) in [6, 6.07) is 15.4. The maximum atomic E-state index is 12.2. The number of esters is 1. The van der Waals surface area contributed by atoms with Crippen LogP contribution in [0.2, 0.25) is 0 Å². The smallest absolute Gasteiger partial charge is 0.358 e. The fraction of sp³-hybridized carbons (Fsp3) is 0.320. The molecule has 1 aliphatic heterocycles. The summed E-state index contributed by atoms with van der Waals surface area (Å²) in [5.74, 6) is -0.295. The number of carbonyl (C=O) groups excluding carboxylic acids is 2. The van der Waals surface area contributed by atoms with Crippen molar-refractivity contribution >= 4 is 34.6 Å². The van der Waals surface area contributed by atoms with Crippen molar-refractivity contribution in [2.75, 3.05) is 29.9 Å². The number of aromatic nitrogens is 1. The van der Waals surface area contributed by atoms with Crippen LogP contribution in [-0.4, -0.2) is 36.6 Å². The Kier molecular flexibility index (Phi) is 7.57. The van der Waals surface area contributed by atoms with Crippen LogP contribution in [-0.2, 0) is 16.1 Å². The molecule has 172 valence electrons. The van der Waals surface area contributed by atoms with Gasteiger partial charge in [-0.1, -0.05) is 17.7 Å². The molecule has 0 bridgehead atoms. The molecule has 0 spiro atoms. The van der Waals surface area contributed by atoms with Crippen LogP contribution in [0, 0.1) is 6.92 Å². The van der Waals surface area contributed by atoms with E-state index in [0.29, 0.717) is 10.7 Å². The van der Waals surface area contributed by atoms with Crippen LogP contribution in [0.25, 0.3) is 0 Å². The molecule has 0 saturated carbocycles. The minimum atomic E-state index is -0.636. The van der Waals surface area contributed by atoms with Crippen molar-refractivity contribution < 1.29 is 19.1 Å². The normalized spacial score (nSPS) is 13.4. The van der Waals surface area contributed by atoms with Crippen molar-refractivity contribution in [2.24, 2.45) is 0 Å². The number of hydrogen-bond donors (Lipinski definition) is 1. The summed E-state index contributed by atoms with van der Waals surface area (Å²) >= 11 is 1.31. The number of amides is 1. The van der Waals surface area contributed by atoms with Gasteiger partial charge in [-0.3, -0.25) is 4.79 Å². The van der Waals surface area contributed by atoms with Crippen LogP contribution in [0.15, 0.2) is 53.9 Å². The number of hydrogen-bond acceptors (Lipinski definition) is 7. The minimum Gasteiger partial charge on any atom is -0.486 e. The topological polar surface area (TPSA) is 80.8 Å². The number of carbonyl (C=O) groups is 2. The second-order valence-electron chi connectivity index (χ2n) is 7.95. The quantitative estimate of drug-likeness (QED) is 0.481. The highest BCUT2D eigenvalue weighted by atomic mass is 32.1. The molecular weight excluding hydrogens is 438 g/mol. The summed E-state index contributed by atoms with van der Waals surface area (Å²) in [6.45, 7) is 4.03. The summed E-state index contributed by atoms with van der Waals surface area (Å²) in [5, 5.41) is 5.01. The SMILES string of the molecule is Cc1ccc(OCc2nc(C(=O)OCC(=O)Nc3ccc(N4CCCCC4)cc3)cs2)cc1. The molecule has 0 radical (unpaired) electrons. The molecule has 1 aliphatic rings. The predicted octanol–water partition coefficient (Wildman–Crippen LogP) is 4.82. The number of anilines is 2. The van der Waals surface area contributed by atoms with Crippen LogP contribution in [0.4, 0.5) is 11.4 Å². The lowest BCUT2D eigenvalue weighted by Gasteiger charge is -2.28. The molecular formula is C25H27N3O4S. The zero-order valence-corrected chi connectivity index (χ0v) is 19.4. The lowest BCUT2D eigenvalue weighted by molar-refractivity contribution is -0.119. The van der Waals surface area contributed by atoms with Crippen LogP contribution < -0.4 is 15.0 Å². The van der Waals surface area contributed by atoms with E-state index in [1.54, 1.807) is 5.38 Å². The van der Waals surface area contributed by atoms with E-state index < -0.39 is 11.9 Å². The Labute approximate surface area is 197 Å². The molecule has 1 aromatic heterocycles. The largest absolute Gasteiger partial charge is 0.486 e. The van der Waals surface area contributed by atoms with Crippen molar-refractivity contribution in [1.82, 2.24) is 4.98 Å². The van der Waals surface area contributed by atoms with Gasteiger partial charge in [-0.25, -0.2) is 9.78 Å². The molecule has 2 heterocycles. The molecule has 33 heavy (non-hydrogen) atoms. The molecule has 1 N–H and O–H groups in total. The first-order chi connectivity index (χ1) is 16.1. The zero-order chi connectivity index (χ0) is 23.0. The molecule has 7 nitrogen and oxygen atoms in total. The lowest BCUT2D eigenvalue weighted by atomic mass is 10.1. The molecule has 1 fully saturated rings. The van der Waals surface area contributed by atoms with Gasteiger partial charge >= 0.3 is 5.97 Å². The summed E-state index contributed by atoms with van der Waals surface area (Å²) in [4.78, 5) is 31.0. The fourth-order valence-electron chi connectivity index (χ4n) is 3.56. The zero-order valence-electron chi connectivity index (χ0n) is 18.6. The number of aryl methyl sites for hydroxylation is 1. The maximum Gasteiger partial charge on any atom is 0.358 e. The van der Waals surface area contributed by atoms with Gasteiger partial charge in [0.1, 0.15) is 17.4 Å². The van der Waals surface area contributed by atoms with E-state index in [1.165, 1.54) is 30.6 Å². The highest BCUT2D eigenvalue weighted by Gasteiger charge is 2.15. The summed E-state index contributed by atoms with van der Waals surface area (Å²) < 4.78 is 10.8. The van der Waals surface area contributed by atoms with Gasteiger partial charge < -0.3 is 19.7 Å². The number of nitrogens with one attached hydrogen (secondary N) is 1. The molecule has 1 amide bonds. The number of thiazole rings is 1. The summed E-state index contributed by atoms with van der Waals surface area (Å²) in [5.41, 5.74) is 3.15. The average molecular weight is 466 g/mol. The Morgan fingerprint density at radius 1 is 1.03 bits per heavy atom. The first-order valence-electron chi connectivity index (χ1n) is 11.0. The van der Waals surface area contributed by atoms with Crippen LogP contribution in [0.5, 0.6) is 5.75 Å². The summed E-state index contributed by atoms with van der Waals surface area (Å²) in [6.07, 6.45) is 3.71. The van der Waals surface area contributed by atoms with Gasteiger partial charge in [0, 0.05) is 29.8 Å². The van der Waals surface area contributed by atoms with E-state index >= 15 is 0 Å². The van der Waals surface area contributed by atoms with E-state index in [-0.39, 0.29) is 18.9 Å². The molecule has 4 rings (SSSR count). The van der Waals surface area contributed by atoms with E-state index in [1.807, 2.05) is 55.5 Å². The van der Waals surface area contributed by atoms with Gasteiger partial charge in [-0.05, 0) is 62.6 Å².